The molecule has 1 aromatic carbocycles. The third-order valence-electron chi connectivity index (χ3n) is 4.61. The Bertz CT molecular complexity index is 511. The molecule has 1 aromatic rings. The zero-order valence-corrected chi connectivity index (χ0v) is 12.5. The highest BCUT2D eigenvalue weighted by Gasteiger charge is 2.46. The Morgan fingerprint density at radius 1 is 1.29 bits per heavy atom. The Labute approximate surface area is 124 Å². The van der Waals surface area contributed by atoms with E-state index in [1.165, 1.54) is 0 Å². The van der Waals surface area contributed by atoms with Gasteiger partial charge in [0.25, 0.3) is 0 Å². The summed E-state index contributed by atoms with van der Waals surface area (Å²) >= 11 is 0. The first-order chi connectivity index (χ1) is 9.97. The van der Waals surface area contributed by atoms with E-state index >= 15 is 0 Å². The zero-order chi connectivity index (χ0) is 15.0. The number of carbonyl (C=O) groups excluding carboxylic acids is 1. The van der Waals surface area contributed by atoms with Crippen LogP contribution in [0.2, 0.25) is 0 Å². The number of carbonyl (C=O) groups is 1. The lowest BCUT2D eigenvalue weighted by atomic mass is 10.0. The Balaban J connectivity index is 1.57. The van der Waals surface area contributed by atoms with Crippen molar-refractivity contribution < 1.29 is 14.6 Å². The monoisotopic (exact) mass is 290 g/mol. The number of aliphatic hydroxyl groups is 1. The molecule has 3 rings (SSSR count). The van der Waals surface area contributed by atoms with Gasteiger partial charge >= 0.3 is 6.03 Å². The maximum Gasteiger partial charge on any atom is 0.321 e. The van der Waals surface area contributed by atoms with Crippen LogP contribution in [0.15, 0.2) is 24.3 Å². The van der Waals surface area contributed by atoms with Crippen molar-refractivity contribution in [2.24, 2.45) is 11.8 Å². The van der Waals surface area contributed by atoms with Crippen LogP contribution < -0.4 is 10.1 Å². The third-order valence-corrected chi connectivity index (χ3v) is 4.61. The first kappa shape index (κ1) is 14.2. The first-order valence-electron chi connectivity index (χ1n) is 7.39. The van der Waals surface area contributed by atoms with Gasteiger partial charge in [-0.1, -0.05) is 0 Å². The SMILES string of the molecule is COc1ccc(NC(=O)N2C[C@@H]3CC(C)(O)C[C@@H]3C2)cc1. The van der Waals surface area contributed by atoms with Gasteiger partial charge < -0.3 is 20.1 Å². The summed E-state index contributed by atoms with van der Waals surface area (Å²) in [4.78, 5) is 14.1. The molecule has 1 saturated heterocycles. The van der Waals surface area contributed by atoms with E-state index in [4.69, 9.17) is 4.74 Å². The van der Waals surface area contributed by atoms with Gasteiger partial charge in [-0.15, -0.1) is 0 Å². The number of rotatable bonds is 2. The predicted molar refractivity (Wildman–Crippen MR) is 80.4 cm³/mol. The number of nitrogens with zero attached hydrogens (tertiary/aromatic N) is 1. The van der Waals surface area contributed by atoms with Crippen molar-refractivity contribution in [3.8, 4) is 5.75 Å². The Morgan fingerprint density at radius 3 is 2.38 bits per heavy atom. The molecule has 0 aromatic heterocycles. The molecule has 1 unspecified atom stereocenters. The summed E-state index contributed by atoms with van der Waals surface area (Å²) in [6, 6.07) is 7.25. The fourth-order valence-electron chi connectivity index (χ4n) is 3.66. The van der Waals surface area contributed by atoms with Crippen LogP contribution in [-0.4, -0.2) is 41.8 Å². The molecule has 3 atom stereocenters. The predicted octanol–water partition coefficient (Wildman–Crippen LogP) is 2.32. The van der Waals surface area contributed by atoms with Crippen LogP contribution in [0.1, 0.15) is 19.8 Å². The zero-order valence-electron chi connectivity index (χ0n) is 12.5. The van der Waals surface area contributed by atoms with E-state index in [0.29, 0.717) is 11.8 Å². The van der Waals surface area contributed by atoms with Gasteiger partial charge in [-0.05, 0) is 55.9 Å². The maximum absolute atomic E-state index is 12.3. The number of hydrogen-bond acceptors (Lipinski definition) is 3. The van der Waals surface area contributed by atoms with E-state index in [1.54, 1.807) is 7.11 Å². The van der Waals surface area contributed by atoms with Crippen molar-refractivity contribution >= 4 is 11.7 Å². The molecular formula is C16H22N2O3. The van der Waals surface area contributed by atoms with Crippen molar-refractivity contribution in [3.05, 3.63) is 24.3 Å². The minimum atomic E-state index is -0.548. The van der Waals surface area contributed by atoms with Crippen LogP contribution in [0.3, 0.4) is 0 Å². The summed E-state index contributed by atoms with van der Waals surface area (Å²) in [5.74, 6) is 1.63. The van der Waals surface area contributed by atoms with Gasteiger partial charge in [0.1, 0.15) is 5.75 Å². The molecule has 2 aliphatic rings. The van der Waals surface area contributed by atoms with Crippen LogP contribution in [0.4, 0.5) is 10.5 Å². The van der Waals surface area contributed by atoms with E-state index in [-0.39, 0.29) is 6.03 Å². The average Bonchev–Trinajstić information content (AvgIpc) is 2.93. The van der Waals surface area contributed by atoms with Crippen LogP contribution in [0, 0.1) is 11.8 Å². The van der Waals surface area contributed by atoms with Gasteiger partial charge in [0.15, 0.2) is 0 Å². The molecule has 5 heteroatoms. The summed E-state index contributed by atoms with van der Waals surface area (Å²) in [6.07, 6.45) is 1.59. The Hall–Kier alpha value is -1.75. The minimum Gasteiger partial charge on any atom is -0.497 e. The summed E-state index contributed by atoms with van der Waals surface area (Å²) < 4.78 is 5.10. The molecule has 1 saturated carbocycles. The highest BCUT2D eigenvalue weighted by Crippen LogP contribution is 2.43. The van der Waals surface area contributed by atoms with Crippen molar-refractivity contribution in [2.45, 2.75) is 25.4 Å². The second-order valence-corrected chi connectivity index (χ2v) is 6.49. The van der Waals surface area contributed by atoms with Crippen LogP contribution in [0.25, 0.3) is 0 Å². The Kier molecular flexibility index (Phi) is 3.53. The van der Waals surface area contributed by atoms with Gasteiger partial charge in [0.05, 0.1) is 12.7 Å². The van der Waals surface area contributed by atoms with Gasteiger partial charge in [-0.2, -0.15) is 0 Å². The number of fused-ring (bicyclic) bond motifs is 1. The van der Waals surface area contributed by atoms with Crippen LogP contribution in [-0.2, 0) is 0 Å². The number of urea groups is 1. The second kappa shape index (κ2) is 5.22. The number of ether oxygens (including phenoxy) is 1. The van der Waals surface area contributed by atoms with Crippen molar-refractivity contribution in [1.29, 1.82) is 0 Å². The smallest absolute Gasteiger partial charge is 0.321 e. The second-order valence-electron chi connectivity index (χ2n) is 6.49. The fourth-order valence-corrected chi connectivity index (χ4v) is 3.66. The molecule has 21 heavy (non-hydrogen) atoms. The number of likely N-dealkylation sites (tertiary alicyclic amines) is 1. The Morgan fingerprint density at radius 2 is 1.86 bits per heavy atom. The maximum atomic E-state index is 12.3. The molecule has 0 spiro atoms. The largest absolute Gasteiger partial charge is 0.497 e. The first-order valence-corrected chi connectivity index (χ1v) is 7.39. The van der Waals surface area contributed by atoms with E-state index in [1.807, 2.05) is 36.1 Å². The van der Waals surface area contributed by atoms with Gasteiger partial charge in [-0.3, -0.25) is 0 Å². The molecule has 1 aliphatic heterocycles. The van der Waals surface area contributed by atoms with E-state index in [0.717, 1.165) is 37.4 Å². The number of anilines is 1. The fraction of sp³-hybridized carbons (Fsp3) is 0.562. The van der Waals surface area contributed by atoms with Crippen LogP contribution >= 0.6 is 0 Å². The molecule has 1 aliphatic carbocycles. The van der Waals surface area contributed by atoms with Gasteiger partial charge in [0.2, 0.25) is 0 Å². The molecule has 2 fully saturated rings. The molecule has 5 nitrogen and oxygen atoms in total. The van der Waals surface area contributed by atoms with E-state index in [2.05, 4.69) is 5.32 Å². The molecule has 0 bridgehead atoms. The van der Waals surface area contributed by atoms with E-state index in [9.17, 15) is 9.90 Å². The molecule has 1 heterocycles. The standard InChI is InChI=1S/C16H22N2O3/c1-16(20)7-11-9-18(10-12(11)8-16)15(19)17-13-3-5-14(21-2)6-4-13/h3-6,11-12,20H,7-10H2,1-2H3,(H,17,19)/t11-,12+,16?. The lowest BCUT2D eigenvalue weighted by Crippen LogP contribution is -2.35. The molecule has 2 amide bonds. The topological polar surface area (TPSA) is 61.8 Å². The number of methoxy groups -OCH3 is 1. The van der Waals surface area contributed by atoms with Crippen molar-refractivity contribution in [2.75, 3.05) is 25.5 Å². The number of hydrogen-bond donors (Lipinski definition) is 2. The quantitative estimate of drug-likeness (QED) is 0.878. The van der Waals surface area contributed by atoms with E-state index < -0.39 is 5.60 Å². The third kappa shape index (κ3) is 2.97. The lowest BCUT2D eigenvalue weighted by molar-refractivity contribution is 0.0559. The summed E-state index contributed by atoms with van der Waals surface area (Å²) in [5.41, 5.74) is 0.221. The molecular weight excluding hydrogens is 268 g/mol. The highest BCUT2D eigenvalue weighted by atomic mass is 16.5. The number of benzene rings is 1. The normalized spacial score (nSPS) is 31.1. The molecule has 0 radical (unpaired) electrons. The number of nitrogens with one attached hydrogen (secondary N) is 1. The summed E-state index contributed by atoms with van der Waals surface area (Å²) in [6.45, 7) is 3.37. The van der Waals surface area contributed by atoms with Crippen molar-refractivity contribution in [3.63, 3.8) is 0 Å². The minimum absolute atomic E-state index is 0.0609. The number of amides is 2. The summed E-state index contributed by atoms with van der Waals surface area (Å²) in [7, 11) is 1.62. The van der Waals surface area contributed by atoms with Gasteiger partial charge in [0, 0.05) is 18.8 Å². The van der Waals surface area contributed by atoms with Crippen LogP contribution in [0.5, 0.6) is 5.75 Å². The highest BCUT2D eigenvalue weighted by molar-refractivity contribution is 5.89. The average molecular weight is 290 g/mol. The lowest BCUT2D eigenvalue weighted by Gasteiger charge is -2.22. The molecule has 2 N–H and O–H groups in total. The summed E-state index contributed by atoms with van der Waals surface area (Å²) in [5, 5.41) is 13.0. The molecule has 114 valence electrons. The van der Waals surface area contributed by atoms with Crippen molar-refractivity contribution in [1.82, 2.24) is 4.90 Å². The van der Waals surface area contributed by atoms with Gasteiger partial charge in [-0.25, -0.2) is 4.79 Å².